The second-order valence-electron chi connectivity index (χ2n) is 5.53. The fourth-order valence-electron chi connectivity index (χ4n) is 2.95. The first-order valence-corrected chi connectivity index (χ1v) is 7.24. The minimum Gasteiger partial charge on any atom is -0.464 e. The normalized spacial score (nSPS) is 18.2. The number of fused-ring (bicyclic) bond motifs is 1. The van der Waals surface area contributed by atoms with Gasteiger partial charge >= 0.3 is 0 Å². The summed E-state index contributed by atoms with van der Waals surface area (Å²) in [7, 11) is 0. The van der Waals surface area contributed by atoms with Crippen molar-refractivity contribution in [3.05, 3.63) is 36.1 Å². The molecule has 0 saturated carbocycles. The van der Waals surface area contributed by atoms with E-state index in [4.69, 9.17) is 10.2 Å². The van der Waals surface area contributed by atoms with Crippen LogP contribution in [0, 0.1) is 5.92 Å². The zero-order chi connectivity index (χ0) is 13.1. The standard InChI is InChI=1S/C16H22N2O/c17-11-13-5-8-18(9-6-13)10-7-14-12-19-16-4-2-1-3-15(14)16/h1-4,12-13H,5-11,17H2. The van der Waals surface area contributed by atoms with Crippen molar-refractivity contribution in [1.82, 2.24) is 4.90 Å². The highest BCUT2D eigenvalue weighted by Crippen LogP contribution is 2.22. The molecule has 0 atom stereocenters. The smallest absolute Gasteiger partial charge is 0.134 e. The van der Waals surface area contributed by atoms with Crippen LogP contribution in [0.5, 0.6) is 0 Å². The molecular formula is C16H22N2O. The topological polar surface area (TPSA) is 42.4 Å². The summed E-state index contributed by atoms with van der Waals surface area (Å²) in [6, 6.07) is 8.28. The minimum absolute atomic E-state index is 0.742. The lowest BCUT2D eigenvalue weighted by Gasteiger charge is -2.31. The summed E-state index contributed by atoms with van der Waals surface area (Å²) < 4.78 is 5.59. The number of furan rings is 1. The van der Waals surface area contributed by atoms with Crippen molar-refractivity contribution in [3.8, 4) is 0 Å². The lowest BCUT2D eigenvalue weighted by atomic mass is 9.97. The second-order valence-corrected chi connectivity index (χ2v) is 5.53. The van der Waals surface area contributed by atoms with Gasteiger partial charge in [-0.25, -0.2) is 0 Å². The van der Waals surface area contributed by atoms with Crippen LogP contribution in [0.15, 0.2) is 34.9 Å². The molecule has 0 radical (unpaired) electrons. The molecule has 2 aromatic rings. The number of rotatable bonds is 4. The first-order valence-electron chi connectivity index (χ1n) is 7.24. The molecule has 0 spiro atoms. The second kappa shape index (κ2) is 5.76. The molecule has 19 heavy (non-hydrogen) atoms. The van der Waals surface area contributed by atoms with E-state index in [0.29, 0.717) is 0 Å². The average Bonchev–Trinajstić information content (AvgIpc) is 2.89. The molecule has 0 amide bonds. The predicted molar refractivity (Wildman–Crippen MR) is 78.1 cm³/mol. The van der Waals surface area contributed by atoms with Gasteiger partial charge in [-0.15, -0.1) is 0 Å². The van der Waals surface area contributed by atoms with Crippen LogP contribution in [0.4, 0.5) is 0 Å². The number of likely N-dealkylation sites (tertiary alicyclic amines) is 1. The zero-order valence-electron chi connectivity index (χ0n) is 11.3. The monoisotopic (exact) mass is 258 g/mol. The van der Waals surface area contributed by atoms with Gasteiger partial charge in [0.1, 0.15) is 5.58 Å². The van der Waals surface area contributed by atoms with Crippen LogP contribution in [-0.4, -0.2) is 31.1 Å². The maximum Gasteiger partial charge on any atom is 0.134 e. The summed E-state index contributed by atoms with van der Waals surface area (Å²) in [5, 5.41) is 1.26. The van der Waals surface area contributed by atoms with Crippen LogP contribution < -0.4 is 5.73 Å². The van der Waals surface area contributed by atoms with E-state index in [2.05, 4.69) is 17.0 Å². The van der Waals surface area contributed by atoms with Crippen molar-refractivity contribution in [1.29, 1.82) is 0 Å². The maximum atomic E-state index is 5.73. The molecule has 1 aromatic carbocycles. The molecule has 0 unspecified atom stereocenters. The molecule has 0 bridgehead atoms. The van der Waals surface area contributed by atoms with E-state index in [9.17, 15) is 0 Å². The van der Waals surface area contributed by atoms with Crippen molar-refractivity contribution >= 4 is 11.0 Å². The number of hydrogen-bond acceptors (Lipinski definition) is 3. The minimum atomic E-state index is 0.742. The van der Waals surface area contributed by atoms with Crippen LogP contribution in [0.1, 0.15) is 18.4 Å². The number of nitrogens with two attached hydrogens (primary N) is 1. The summed E-state index contributed by atoms with van der Waals surface area (Å²) in [4.78, 5) is 2.55. The molecular weight excluding hydrogens is 236 g/mol. The van der Waals surface area contributed by atoms with Crippen molar-refractivity contribution in [3.63, 3.8) is 0 Å². The SMILES string of the molecule is NCC1CCN(CCc2coc3ccccc23)CC1. The number of para-hydroxylation sites is 1. The van der Waals surface area contributed by atoms with Crippen molar-refractivity contribution in [2.75, 3.05) is 26.2 Å². The Morgan fingerprint density at radius 3 is 2.79 bits per heavy atom. The van der Waals surface area contributed by atoms with Gasteiger partial charge in [-0.2, -0.15) is 0 Å². The molecule has 1 saturated heterocycles. The Balaban J connectivity index is 1.58. The molecule has 1 aliphatic heterocycles. The molecule has 3 rings (SSSR count). The first-order chi connectivity index (χ1) is 9.36. The van der Waals surface area contributed by atoms with Gasteiger partial charge in [0.25, 0.3) is 0 Å². The maximum absolute atomic E-state index is 5.73. The fraction of sp³-hybridized carbons (Fsp3) is 0.500. The van der Waals surface area contributed by atoms with Crippen molar-refractivity contribution < 1.29 is 4.42 Å². The highest BCUT2D eigenvalue weighted by Gasteiger charge is 2.18. The van der Waals surface area contributed by atoms with Gasteiger partial charge in [-0.1, -0.05) is 18.2 Å². The third kappa shape index (κ3) is 2.82. The third-order valence-corrected chi connectivity index (χ3v) is 4.30. The van der Waals surface area contributed by atoms with Crippen LogP contribution in [0.2, 0.25) is 0 Å². The largest absolute Gasteiger partial charge is 0.464 e. The highest BCUT2D eigenvalue weighted by molar-refractivity contribution is 5.80. The van der Waals surface area contributed by atoms with Gasteiger partial charge in [0.15, 0.2) is 0 Å². The van der Waals surface area contributed by atoms with Gasteiger partial charge in [0, 0.05) is 11.9 Å². The summed E-state index contributed by atoms with van der Waals surface area (Å²) >= 11 is 0. The third-order valence-electron chi connectivity index (χ3n) is 4.30. The summed E-state index contributed by atoms with van der Waals surface area (Å²) in [5.41, 5.74) is 8.06. The first kappa shape index (κ1) is 12.7. The lowest BCUT2D eigenvalue weighted by Crippen LogP contribution is -2.37. The van der Waals surface area contributed by atoms with Crippen molar-refractivity contribution in [2.45, 2.75) is 19.3 Å². The predicted octanol–water partition coefficient (Wildman–Crippen LogP) is 2.65. The number of nitrogens with zero attached hydrogens (tertiary/aromatic N) is 1. The Hall–Kier alpha value is -1.32. The van der Waals surface area contributed by atoms with E-state index >= 15 is 0 Å². The van der Waals surface area contributed by atoms with E-state index in [1.807, 2.05) is 18.4 Å². The van der Waals surface area contributed by atoms with E-state index in [1.54, 1.807) is 0 Å². The Kier molecular flexibility index (Phi) is 3.85. The van der Waals surface area contributed by atoms with E-state index in [-0.39, 0.29) is 0 Å². The summed E-state index contributed by atoms with van der Waals surface area (Å²) in [6.45, 7) is 4.36. The van der Waals surface area contributed by atoms with Gasteiger partial charge in [-0.05, 0) is 56.4 Å². The van der Waals surface area contributed by atoms with Crippen LogP contribution in [0.25, 0.3) is 11.0 Å². The lowest BCUT2D eigenvalue weighted by molar-refractivity contribution is 0.189. The number of hydrogen-bond donors (Lipinski definition) is 1. The molecule has 1 aliphatic rings. The Bertz CT molecular complexity index is 526. The average molecular weight is 258 g/mol. The summed E-state index contributed by atoms with van der Waals surface area (Å²) in [5.74, 6) is 0.742. The van der Waals surface area contributed by atoms with E-state index in [1.165, 1.54) is 36.9 Å². The Morgan fingerprint density at radius 2 is 2.00 bits per heavy atom. The highest BCUT2D eigenvalue weighted by atomic mass is 16.3. The Labute approximate surface area is 114 Å². The molecule has 0 aliphatic carbocycles. The van der Waals surface area contributed by atoms with Crippen molar-refractivity contribution in [2.24, 2.45) is 11.7 Å². The van der Waals surface area contributed by atoms with Gasteiger partial charge in [0.05, 0.1) is 6.26 Å². The van der Waals surface area contributed by atoms with Crippen LogP contribution in [-0.2, 0) is 6.42 Å². The molecule has 2 heterocycles. The van der Waals surface area contributed by atoms with Gasteiger partial charge in [0.2, 0.25) is 0 Å². The number of benzene rings is 1. The van der Waals surface area contributed by atoms with E-state index < -0.39 is 0 Å². The molecule has 102 valence electrons. The quantitative estimate of drug-likeness (QED) is 0.916. The molecule has 1 aromatic heterocycles. The molecule has 2 N–H and O–H groups in total. The number of piperidine rings is 1. The molecule has 1 fully saturated rings. The van der Waals surface area contributed by atoms with Gasteiger partial charge in [-0.3, -0.25) is 0 Å². The van der Waals surface area contributed by atoms with Crippen LogP contribution >= 0.6 is 0 Å². The van der Waals surface area contributed by atoms with Gasteiger partial charge < -0.3 is 15.1 Å². The fourth-order valence-corrected chi connectivity index (χ4v) is 2.95. The van der Waals surface area contributed by atoms with E-state index in [0.717, 1.165) is 31.0 Å². The Morgan fingerprint density at radius 1 is 1.21 bits per heavy atom. The zero-order valence-corrected chi connectivity index (χ0v) is 11.3. The van der Waals surface area contributed by atoms with Crippen LogP contribution in [0.3, 0.4) is 0 Å². The summed E-state index contributed by atoms with van der Waals surface area (Å²) in [6.07, 6.45) is 5.49. The molecule has 3 heteroatoms. The molecule has 3 nitrogen and oxygen atoms in total.